The zero-order valence-electron chi connectivity index (χ0n) is 11.7. The fourth-order valence-corrected chi connectivity index (χ4v) is 2.89. The van der Waals surface area contributed by atoms with Gasteiger partial charge in [0.05, 0.1) is 22.7 Å². The Balaban J connectivity index is 2.10. The van der Waals surface area contributed by atoms with E-state index in [-0.39, 0.29) is 0 Å². The van der Waals surface area contributed by atoms with E-state index in [9.17, 15) is 0 Å². The molecule has 20 heavy (non-hydrogen) atoms. The summed E-state index contributed by atoms with van der Waals surface area (Å²) in [5, 5.41) is 3.31. The Kier molecular flexibility index (Phi) is 3.74. The predicted octanol–water partition coefficient (Wildman–Crippen LogP) is 3.43. The number of anilines is 1. The van der Waals surface area contributed by atoms with Gasteiger partial charge in [-0.15, -0.1) is 0 Å². The molecule has 0 spiro atoms. The number of rotatable bonds is 5. The van der Waals surface area contributed by atoms with Crippen LogP contribution in [0.3, 0.4) is 0 Å². The monoisotopic (exact) mass is 335 g/mol. The molecule has 0 radical (unpaired) electrons. The zero-order chi connectivity index (χ0) is 14.1. The van der Waals surface area contributed by atoms with Crippen molar-refractivity contribution in [2.45, 2.75) is 39.2 Å². The topological polar surface area (TPSA) is 55.6 Å². The van der Waals surface area contributed by atoms with Gasteiger partial charge >= 0.3 is 0 Å². The Bertz CT molecular complexity index is 618. The summed E-state index contributed by atoms with van der Waals surface area (Å²) in [6, 6.07) is 0. The molecule has 1 saturated carbocycles. The second kappa shape index (κ2) is 5.52. The van der Waals surface area contributed by atoms with Crippen LogP contribution in [0.1, 0.15) is 38.3 Å². The Hall–Kier alpha value is -1.43. The molecule has 0 bridgehead atoms. The lowest BCUT2D eigenvalue weighted by atomic mass is 10.2. The van der Waals surface area contributed by atoms with Gasteiger partial charge in [0.1, 0.15) is 11.5 Å². The smallest absolute Gasteiger partial charge is 0.180 e. The molecule has 2 aromatic rings. The summed E-state index contributed by atoms with van der Waals surface area (Å²) in [7, 11) is 0. The van der Waals surface area contributed by atoms with Gasteiger partial charge in [-0.3, -0.25) is 0 Å². The van der Waals surface area contributed by atoms with E-state index in [1.165, 1.54) is 12.8 Å². The summed E-state index contributed by atoms with van der Waals surface area (Å²) >= 11 is 3.65. The van der Waals surface area contributed by atoms with E-state index < -0.39 is 0 Å². The first kappa shape index (κ1) is 13.5. The summed E-state index contributed by atoms with van der Waals surface area (Å²) in [5.74, 6) is 2.20. The fraction of sp³-hybridized carbons (Fsp3) is 0.500. The molecule has 1 aliphatic rings. The minimum Gasteiger partial charge on any atom is -0.369 e. The van der Waals surface area contributed by atoms with E-state index >= 15 is 0 Å². The minimum atomic E-state index is 0.571. The van der Waals surface area contributed by atoms with Gasteiger partial charge < -0.3 is 9.88 Å². The van der Waals surface area contributed by atoms with E-state index in [0.717, 1.165) is 40.6 Å². The van der Waals surface area contributed by atoms with E-state index in [1.54, 1.807) is 0 Å². The summed E-state index contributed by atoms with van der Waals surface area (Å²) in [6.45, 7) is 5.87. The molecule has 0 aromatic carbocycles. The molecule has 0 unspecified atom stereocenters. The Morgan fingerprint density at radius 3 is 2.80 bits per heavy atom. The van der Waals surface area contributed by atoms with Crippen molar-refractivity contribution in [2.75, 3.05) is 11.9 Å². The first-order valence-corrected chi connectivity index (χ1v) is 7.85. The van der Waals surface area contributed by atoms with Crippen molar-refractivity contribution >= 4 is 21.7 Å². The molecule has 3 rings (SSSR count). The second-order valence-electron chi connectivity index (χ2n) is 4.96. The predicted molar refractivity (Wildman–Crippen MR) is 82.8 cm³/mol. The summed E-state index contributed by atoms with van der Waals surface area (Å²) in [4.78, 5) is 13.6. The van der Waals surface area contributed by atoms with Crippen LogP contribution < -0.4 is 5.32 Å². The molecule has 0 aliphatic heterocycles. The molecule has 106 valence electrons. The molecule has 0 atom stereocenters. The molecular formula is C14H18BrN5. The Labute approximate surface area is 127 Å². The van der Waals surface area contributed by atoms with Gasteiger partial charge in [-0.05, 0) is 42.6 Å². The highest BCUT2D eigenvalue weighted by molar-refractivity contribution is 9.10. The number of aryl methyl sites for hydroxylation is 1. The fourth-order valence-electron chi connectivity index (χ4n) is 2.25. The average Bonchev–Trinajstić information content (AvgIpc) is 3.18. The van der Waals surface area contributed by atoms with Crippen molar-refractivity contribution in [3.8, 4) is 11.5 Å². The molecule has 2 heterocycles. The van der Waals surface area contributed by atoms with Crippen LogP contribution in [0.5, 0.6) is 0 Å². The highest BCUT2D eigenvalue weighted by atomic mass is 79.9. The van der Waals surface area contributed by atoms with E-state index in [1.807, 2.05) is 12.5 Å². The van der Waals surface area contributed by atoms with Crippen molar-refractivity contribution in [1.82, 2.24) is 19.5 Å². The second-order valence-corrected chi connectivity index (χ2v) is 5.76. The van der Waals surface area contributed by atoms with Crippen molar-refractivity contribution in [2.24, 2.45) is 0 Å². The largest absolute Gasteiger partial charge is 0.369 e. The van der Waals surface area contributed by atoms with Crippen LogP contribution >= 0.6 is 15.9 Å². The summed E-state index contributed by atoms with van der Waals surface area (Å²) < 4.78 is 3.07. The number of aromatic nitrogens is 4. The normalized spacial score (nSPS) is 14.6. The summed E-state index contributed by atoms with van der Waals surface area (Å²) in [6.07, 6.45) is 6.09. The van der Waals surface area contributed by atoms with Crippen molar-refractivity contribution in [3.05, 3.63) is 22.7 Å². The quantitative estimate of drug-likeness (QED) is 0.909. The number of imidazole rings is 1. The van der Waals surface area contributed by atoms with Gasteiger partial charge in [-0.25, -0.2) is 15.0 Å². The van der Waals surface area contributed by atoms with Crippen LogP contribution in [0, 0.1) is 0 Å². The Morgan fingerprint density at radius 1 is 1.35 bits per heavy atom. The molecule has 6 heteroatoms. The lowest BCUT2D eigenvalue weighted by Crippen LogP contribution is -2.07. The summed E-state index contributed by atoms with van der Waals surface area (Å²) in [5.41, 5.74) is 2.09. The molecule has 5 nitrogen and oxygen atoms in total. The number of nitrogens with zero attached hydrogens (tertiary/aromatic N) is 4. The number of nitrogens with one attached hydrogen (secondary N) is 1. The maximum atomic E-state index is 4.77. The van der Waals surface area contributed by atoms with Crippen molar-refractivity contribution in [1.29, 1.82) is 0 Å². The zero-order valence-corrected chi connectivity index (χ0v) is 13.3. The van der Waals surface area contributed by atoms with Gasteiger partial charge in [0.25, 0.3) is 0 Å². The van der Waals surface area contributed by atoms with Crippen LogP contribution in [-0.4, -0.2) is 26.1 Å². The number of hydrogen-bond acceptors (Lipinski definition) is 4. The van der Waals surface area contributed by atoms with Gasteiger partial charge in [-0.2, -0.15) is 0 Å². The molecule has 1 N–H and O–H groups in total. The van der Waals surface area contributed by atoms with E-state index in [2.05, 4.69) is 49.6 Å². The lowest BCUT2D eigenvalue weighted by molar-refractivity contribution is 0.762. The third kappa shape index (κ3) is 2.44. The maximum Gasteiger partial charge on any atom is 0.180 e. The minimum absolute atomic E-state index is 0.571. The highest BCUT2D eigenvalue weighted by Crippen LogP contribution is 2.44. The molecule has 0 amide bonds. The molecular weight excluding hydrogens is 318 g/mol. The van der Waals surface area contributed by atoms with Gasteiger partial charge in [0.2, 0.25) is 0 Å². The Morgan fingerprint density at radius 2 is 2.15 bits per heavy atom. The van der Waals surface area contributed by atoms with Gasteiger partial charge in [0, 0.05) is 19.0 Å². The number of hydrogen-bond donors (Lipinski definition) is 1. The number of halogens is 1. The van der Waals surface area contributed by atoms with E-state index in [4.69, 9.17) is 4.98 Å². The van der Waals surface area contributed by atoms with Crippen LogP contribution in [0.4, 0.5) is 5.82 Å². The lowest BCUT2D eigenvalue weighted by Gasteiger charge is -2.12. The van der Waals surface area contributed by atoms with E-state index in [0.29, 0.717) is 5.92 Å². The van der Waals surface area contributed by atoms with Gasteiger partial charge in [0.15, 0.2) is 5.82 Å². The maximum absolute atomic E-state index is 4.77. The van der Waals surface area contributed by atoms with Crippen molar-refractivity contribution in [3.63, 3.8) is 0 Å². The standard InChI is InChI=1S/C14H18BrN5/c1-3-17-14-11(15)12(9-5-6-9)18-13(19-14)10-7-16-8-20(10)4-2/h7-9H,3-6H2,1-2H3,(H,17,18,19). The van der Waals surface area contributed by atoms with Crippen LogP contribution in [-0.2, 0) is 6.54 Å². The molecule has 1 fully saturated rings. The SMILES string of the molecule is CCNc1nc(-c2cncn2CC)nc(C2CC2)c1Br. The van der Waals surface area contributed by atoms with Crippen LogP contribution in [0.25, 0.3) is 11.5 Å². The first-order valence-electron chi connectivity index (χ1n) is 7.06. The average molecular weight is 336 g/mol. The first-order chi connectivity index (χ1) is 9.74. The van der Waals surface area contributed by atoms with Crippen molar-refractivity contribution < 1.29 is 0 Å². The molecule has 2 aromatic heterocycles. The third-order valence-electron chi connectivity index (χ3n) is 3.47. The van der Waals surface area contributed by atoms with Crippen LogP contribution in [0.2, 0.25) is 0 Å². The highest BCUT2D eigenvalue weighted by Gasteiger charge is 2.29. The third-order valence-corrected chi connectivity index (χ3v) is 4.25. The molecule has 0 saturated heterocycles. The van der Waals surface area contributed by atoms with Gasteiger partial charge in [-0.1, -0.05) is 0 Å². The van der Waals surface area contributed by atoms with Crippen LogP contribution in [0.15, 0.2) is 17.0 Å². The molecule has 1 aliphatic carbocycles.